The average Bonchev–Trinajstić information content (AvgIpc) is 2.63. The fourth-order valence-electron chi connectivity index (χ4n) is 2.34. The molecule has 0 atom stereocenters. The minimum Gasteiger partial charge on any atom is -0.264 e. The second-order valence-corrected chi connectivity index (χ2v) is 8.13. The van der Waals surface area contributed by atoms with Crippen LogP contribution in [0.1, 0.15) is 5.56 Å². The Labute approximate surface area is 160 Å². The van der Waals surface area contributed by atoms with Crippen molar-refractivity contribution in [3.05, 3.63) is 88.4 Å². The summed E-state index contributed by atoms with van der Waals surface area (Å²) >= 11 is 11.7. The molecule has 0 bridgehead atoms. The Balaban J connectivity index is 2.09. The van der Waals surface area contributed by atoms with E-state index in [9.17, 15) is 12.8 Å². The Morgan fingerprint density at radius 3 is 2.38 bits per heavy atom. The molecule has 0 aliphatic carbocycles. The summed E-state index contributed by atoms with van der Waals surface area (Å²) in [4.78, 5) is 3.90. The number of anilines is 1. The molecular formula is C18H13Cl2FN2O2S. The Morgan fingerprint density at radius 1 is 1.04 bits per heavy atom. The van der Waals surface area contributed by atoms with E-state index in [4.69, 9.17) is 23.2 Å². The second kappa shape index (κ2) is 7.61. The number of pyridine rings is 1. The lowest BCUT2D eigenvalue weighted by molar-refractivity contribution is 0.589. The lowest BCUT2D eigenvalue weighted by Gasteiger charge is -2.25. The average molecular weight is 411 g/mol. The molecule has 3 rings (SSSR count). The Bertz CT molecular complexity index is 1010. The molecule has 0 unspecified atom stereocenters. The summed E-state index contributed by atoms with van der Waals surface area (Å²) in [7, 11) is -3.99. The van der Waals surface area contributed by atoms with Crippen molar-refractivity contribution < 1.29 is 12.8 Å². The molecule has 1 heterocycles. The molecule has 0 saturated heterocycles. The van der Waals surface area contributed by atoms with E-state index in [1.54, 1.807) is 48.8 Å². The topological polar surface area (TPSA) is 50.3 Å². The molecule has 0 N–H and O–H groups in total. The van der Waals surface area contributed by atoms with Gasteiger partial charge in [-0.3, -0.25) is 9.29 Å². The number of hydrogen-bond donors (Lipinski definition) is 0. The first-order valence-corrected chi connectivity index (χ1v) is 9.70. The highest BCUT2D eigenvalue weighted by Crippen LogP contribution is 2.29. The predicted molar refractivity (Wildman–Crippen MR) is 100 cm³/mol. The Kier molecular flexibility index (Phi) is 5.46. The number of rotatable bonds is 5. The lowest BCUT2D eigenvalue weighted by atomic mass is 10.2. The fourth-order valence-corrected chi connectivity index (χ4v) is 4.20. The van der Waals surface area contributed by atoms with E-state index >= 15 is 0 Å². The first kappa shape index (κ1) is 18.6. The van der Waals surface area contributed by atoms with Gasteiger partial charge in [0.15, 0.2) is 0 Å². The third-order valence-electron chi connectivity index (χ3n) is 3.64. The van der Waals surface area contributed by atoms with Gasteiger partial charge in [-0.25, -0.2) is 12.8 Å². The summed E-state index contributed by atoms with van der Waals surface area (Å²) in [5.74, 6) is -0.684. The van der Waals surface area contributed by atoms with Gasteiger partial charge in [-0.05, 0) is 54.1 Å². The van der Waals surface area contributed by atoms with Crippen LogP contribution in [-0.4, -0.2) is 13.4 Å². The lowest BCUT2D eigenvalue weighted by Crippen LogP contribution is -2.30. The number of hydrogen-bond acceptors (Lipinski definition) is 3. The highest BCUT2D eigenvalue weighted by atomic mass is 35.5. The second-order valence-electron chi connectivity index (χ2n) is 5.43. The zero-order valence-corrected chi connectivity index (χ0v) is 15.6. The largest absolute Gasteiger partial charge is 0.264 e. The van der Waals surface area contributed by atoms with E-state index < -0.39 is 15.8 Å². The SMILES string of the molecule is O=S(=O)(c1ccc(F)c(Cl)c1)N(Cc1cccnc1)c1ccc(Cl)cc1. The molecule has 0 spiro atoms. The Hall–Kier alpha value is -2.15. The van der Waals surface area contributed by atoms with Gasteiger partial charge in [0, 0.05) is 17.4 Å². The first-order chi connectivity index (χ1) is 12.4. The maximum absolute atomic E-state index is 13.4. The molecule has 134 valence electrons. The van der Waals surface area contributed by atoms with Gasteiger partial charge in [0.2, 0.25) is 0 Å². The van der Waals surface area contributed by atoms with Gasteiger partial charge in [-0.1, -0.05) is 29.3 Å². The van der Waals surface area contributed by atoms with Crippen LogP contribution in [0, 0.1) is 5.82 Å². The minimum atomic E-state index is -3.99. The van der Waals surface area contributed by atoms with Crippen molar-refractivity contribution in [1.82, 2.24) is 4.98 Å². The summed E-state index contributed by atoms with van der Waals surface area (Å²) < 4.78 is 41.0. The molecular weight excluding hydrogens is 398 g/mol. The van der Waals surface area contributed by atoms with Crippen LogP contribution in [0.4, 0.5) is 10.1 Å². The zero-order chi connectivity index (χ0) is 18.7. The molecule has 0 fully saturated rings. The first-order valence-electron chi connectivity index (χ1n) is 7.50. The van der Waals surface area contributed by atoms with Crippen molar-refractivity contribution in [3.8, 4) is 0 Å². The number of halogens is 3. The zero-order valence-electron chi connectivity index (χ0n) is 13.3. The smallest absolute Gasteiger partial charge is 0.264 e. The van der Waals surface area contributed by atoms with Gasteiger partial charge < -0.3 is 0 Å². The van der Waals surface area contributed by atoms with Crippen molar-refractivity contribution in [1.29, 1.82) is 0 Å². The van der Waals surface area contributed by atoms with Crippen LogP contribution in [0.2, 0.25) is 10.0 Å². The molecule has 0 aliphatic rings. The number of benzene rings is 2. The molecule has 26 heavy (non-hydrogen) atoms. The van der Waals surface area contributed by atoms with E-state index in [1.165, 1.54) is 10.4 Å². The van der Waals surface area contributed by atoms with Crippen LogP contribution in [0.3, 0.4) is 0 Å². The van der Waals surface area contributed by atoms with E-state index in [0.29, 0.717) is 16.3 Å². The van der Waals surface area contributed by atoms with Crippen LogP contribution in [0.25, 0.3) is 0 Å². The van der Waals surface area contributed by atoms with Gasteiger partial charge in [0.05, 0.1) is 22.2 Å². The van der Waals surface area contributed by atoms with Gasteiger partial charge in [0.25, 0.3) is 10.0 Å². The summed E-state index contributed by atoms with van der Waals surface area (Å²) in [6.07, 6.45) is 3.18. The van der Waals surface area contributed by atoms with Gasteiger partial charge in [-0.15, -0.1) is 0 Å². The molecule has 3 aromatic rings. The number of aromatic nitrogens is 1. The van der Waals surface area contributed by atoms with Crippen molar-refractivity contribution in [2.45, 2.75) is 11.4 Å². The van der Waals surface area contributed by atoms with Crippen molar-refractivity contribution in [2.24, 2.45) is 0 Å². The van der Waals surface area contributed by atoms with E-state index in [1.807, 2.05) is 0 Å². The van der Waals surface area contributed by atoms with E-state index in [0.717, 1.165) is 12.1 Å². The van der Waals surface area contributed by atoms with Crippen LogP contribution < -0.4 is 4.31 Å². The van der Waals surface area contributed by atoms with Crippen LogP contribution >= 0.6 is 23.2 Å². The normalized spacial score (nSPS) is 11.3. The molecule has 0 radical (unpaired) electrons. The number of nitrogens with zero attached hydrogens (tertiary/aromatic N) is 2. The Morgan fingerprint density at radius 2 is 1.77 bits per heavy atom. The molecule has 4 nitrogen and oxygen atoms in total. The summed E-state index contributed by atoms with van der Waals surface area (Å²) in [5, 5.41) is 0.223. The summed E-state index contributed by atoms with van der Waals surface area (Å²) in [5.41, 5.74) is 1.11. The standard InChI is InChI=1S/C18H13Cl2FN2O2S/c19-14-3-5-15(6-4-14)23(12-13-2-1-9-22-11-13)26(24,25)16-7-8-18(21)17(20)10-16/h1-11H,12H2. The van der Waals surface area contributed by atoms with Crippen LogP contribution in [0.15, 0.2) is 71.9 Å². The molecule has 2 aromatic carbocycles. The van der Waals surface area contributed by atoms with Gasteiger partial charge in [-0.2, -0.15) is 0 Å². The predicted octanol–water partition coefficient (Wildman–Crippen LogP) is 4.92. The van der Waals surface area contributed by atoms with Crippen molar-refractivity contribution in [2.75, 3.05) is 4.31 Å². The number of sulfonamides is 1. The molecule has 1 aromatic heterocycles. The van der Waals surface area contributed by atoms with Crippen molar-refractivity contribution >= 4 is 38.9 Å². The monoisotopic (exact) mass is 410 g/mol. The third kappa shape index (κ3) is 3.98. The third-order valence-corrected chi connectivity index (χ3v) is 5.95. The fraction of sp³-hybridized carbons (Fsp3) is 0.0556. The molecule has 0 aliphatic heterocycles. The van der Waals surface area contributed by atoms with Gasteiger partial charge >= 0.3 is 0 Å². The maximum Gasteiger partial charge on any atom is 0.264 e. The molecule has 0 saturated carbocycles. The van der Waals surface area contributed by atoms with Crippen LogP contribution in [0.5, 0.6) is 0 Å². The maximum atomic E-state index is 13.4. The minimum absolute atomic E-state index is 0.0484. The van der Waals surface area contributed by atoms with E-state index in [-0.39, 0.29) is 16.5 Å². The van der Waals surface area contributed by atoms with Crippen LogP contribution in [-0.2, 0) is 16.6 Å². The highest BCUT2D eigenvalue weighted by Gasteiger charge is 2.26. The quantitative estimate of drug-likeness (QED) is 0.599. The van der Waals surface area contributed by atoms with Crippen molar-refractivity contribution in [3.63, 3.8) is 0 Å². The van der Waals surface area contributed by atoms with E-state index in [2.05, 4.69) is 4.98 Å². The summed E-state index contributed by atoms with van der Waals surface area (Å²) in [6, 6.07) is 13.2. The highest BCUT2D eigenvalue weighted by molar-refractivity contribution is 7.92. The summed E-state index contributed by atoms with van der Waals surface area (Å²) in [6.45, 7) is 0.0484. The van der Waals surface area contributed by atoms with Gasteiger partial charge in [0.1, 0.15) is 5.82 Å². The molecule has 8 heteroatoms. The molecule has 0 amide bonds.